The monoisotopic (exact) mass is 506 g/mol. The number of nitrogens with zero attached hydrogens (tertiary/aromatic N) is 1. The summed E-state index contributed by atoms with van der Waals surface area (Å²) < 4.78 is 27.1. The Bertz CT molecular complexity index is 1320. The summed E-state index contributed by atoms with van der Waals surface area (Å²) in [5.74, 6) is 1.12. The molecule has 1 aliphatic heterocycles. The predicted molar refractivity (Wildman–Crippen MR) is 138 cm³/mol. The standard InChI is InChI=1S/C28H30N2O7/c1-30-26(16-10-11-21(34-3)22(12-16)35-4)25(27(31)29-17-8-7-9-18(13-17)33-2)19-14-23(36-5)24(37-6)15-20(19)28(30)32/h7-15,25-26H,1-6H3,(H,29,31). The van der Waals surface area contributed by atoms with Crippen LogP contribution in [0.15, 0.2) is 54.6 Å². The van der Waals surface area contributed by atoms with Gasteiger partial charge in [0.2, 0.25) is 5.91 Å². The van der Waals surface area contributed by atoms with Gasteiger partial charge < -0.3 is 33.9 Å². The fraction of sp³-hybridized carbons (Fsp3) is 0.286. The van der Waals surface area contributed by atoms with Crippen LogP contribution in [-0.4, -0.2) is 59.3 Å². The van der Waals surface area contributed by atoms with Crippen LogP contribution in [0.25, 0.3) is 0 Å². The zero-order valence-corrected chi connectivity index (χ0v) is 21.7. The molecule has 0 aromatic heterocycles. The third kappa shape index (κ3) is 4.72. The number of nitrogens with one attached hydrogen (secondary N) is 1. The van der Waals surface area contributed by atoms with Gasteiger partial charge in [0, 0.05) is 24.4 Å². The van der Waals surface area contributed by atoms with E-state index in [4.69, 9.17) is 23.7 Å². The van der Waals surface area contributed by atoms with Crippen molar-refractivity contribution in [3.8, 4) is 28.7 Å². The Morgan fingerprint density at radius 3 is 2.08 bits per heavy atom. The lowest BCUT2D eigenvalue weighted by atomic mass is 9.79. The highest BCUT2D eigenvalue weighted by atomic mass is 16.5. The normalized spacial score (nSPS) is 16.5. The second-order valence-electron chi connectivity index (χ2n) is 8.47. The number of anilines is 1. The molecule has 1 heterocycles. The van der Waals surface area contributed by atoms with Crippen molar-refractivity contribution in [2.24, 2.45) is 0 Å². The average Bonchev–Trinajstić information content (AvgIpc) is 2.93. The molecule has 0 bridgehead atoms. The largest absolute Gasteiger partial charge is 0.497 e. The van der Waals surface area contributed by atoms with Crippen LogP contribution in [-0.2, 0) is 4.79 Å². The Hall–Kier alpha value is -4.40. The van der Waals surface area contributed by atoms with Crippen LogP contribution in [0.5, 0.6) is 28.7 Å². The van der Waals surface area contributed by atoms with Gasteiger partial charge in [-0.15, -0.1) is 0 Å². The van der Waals surface area contributed by atoms with Crippen LogP contribution < -0.4 is 29.0 Å². The molecule has 9 heteroatoms. The summed E-state index contributed by atoms with van der Waals surface area (Å²) in [6.07, 6.45) is 0. The first kappa shape index (κ1) is 25.7. The van der Waals surface area contributed by atoms with Gasteiger partial charge in [-0.05, 0) is 47.5 Å². The maximum atomic E-state index is 14.0. The number of methoxy groups -OCH3 is 5. The number of likely N-dealkylation sites (N-methyl/N-ethyl adjacent to an activating group) is 1. The van der Waals surface area contributed by atoms with Gasteiger partial charge >= 0.3 is 0 Å². The van der Waals surface area contributed by atoms with Crippen LogP contribution in [0, 0.1) is 0 Å². The maximum Gasteiger partial charge on any atom is 0.254 e. The fourth-order valence-electron chi connectivity index (χ4n) is 4.71. The number of benzene rings is 3. The van der Waals surface area contributed by atoms with Crippen LogP contribution in [0.3, 0.4) is 0 Å². The molecule has 37 heavy (non-hydrogen) atoms. The molecule has 1 N–H and O–H groups in total. The summed E-state index contributed by atoms with van der Waals surface area (Å²) in [6, 6.07) is 15.1. The number of ether oxygens (including phenoxy) is 5. The Labute approximate surface area is 215 Å². The van der Waals surface area contributed by atoms with Crippen LogP contribution in [0.1, 0.15) is 33.4 Å². The Balaban J connectivity index is 1.89. The molecule has 2 amide bonds. The summed E-state index contributed by atoms with van der Waals surface area (Å²) in [6.45, 7) is 0. The highest BCUT2D eigenvalue weighted by Gasteiger charge is 2.44. The first-order valence-electron chi connectivity index (χ1n) is 11.6. The Kier molecular flexibility index (Phi) is 7.42. The highest BCUT2D eigenvalue weighted by molar-refractivity contribution is 6.05. The molecule has 2 unspecified atom stereocenters. The van der Waals surface area contributed by atoms with E-state index in [0.29, 0.717) is 51.1 Å². The van der Waals surface area contributed by atoms with E-state index in [1.54, 1.807) is 74.7 Å². The van der Waals surface area contributed by atoms with E-state index in [0.717, 1.165) is 0 Å². The topological polar surface area (TPSA) is 95.6 Å². The molecule has 0 aliphatic carbocycles. The molecule has 1 aliphatic rings. The van der Waals surface area contributed by atoms with Crippen LogP contribution >= 0.6 is 0 Å². The van der Waals surface area contributed by atoms with Gasteiger partial charge in [0.05, 0.1) is 47.5 Å². The van der Waals surface area contributed by atoms with Gasteiger partial charge in [-0.25, -0.2) is 0 Å². The van der Waals surface area contributed by atoms with Crippen molar-refractivity contribution >= 4 is 17.5 Å². The van der Waals surface area contributed by atoms with Crippen molar-refractivity contribution in [2.75, 3.05) is 47.9 Å². The van der Waals surface area contributed by atoms with Gasteiger partial charge in [-0.2, -0.15) is 0 Å². The SMILES string of the molecule is COc1cccc(NC(=O)C2c3cc(OC)c(OC)cc3C(=O)N(C)C2c2ccc(OC)c(OC)c2)c1. The summed E-state index contributed by atoms with van der Waals surface area (Å²) in [7, 11) is 9.34. The van der Waals surface area contributed by atoms with Crippen LogP contribution in [0.2, 0.25) is 0 Å². The van der Waals surface area contributed by atoms with Gasteiger partial charge in [-0.3, -0.25) is 9.59 Å². The molecule has 3 aromatic rings. The second kappa shape index (κ2) is 10.7. The molecule has 194 valence electrons. The average molecular weight is 507 g/mol. The third-order valence-corrected chi connectivity index (χ3v) is 6.54. The molecule has 0 fully saturated rings. The van der Waals surface area contributed by atoms with Gasteiger partial charge in [-0.1, -0.05) is 12.1 Å². The van der Waals surface area contributed by atoms with Crippen molar-refractivity contribution in [2.45, 2.75) is 12.0 Å². The molecule has 0 saturated carbocycles. The van der Waals surface area contributed by atoms with Crippen molar-refractivity contribution in [3.63, 3.8) is 0 Å². The van der Waals surface area contributed by atoms with E-state index in [9.17, 15) is 9.59 Å². The van der Waals surface area contributed by atoms with E-state index in [1.165, 1.54) is 21.3 Å². The fourth-order valence-corrected chi connectivity index (χ4v) is 4.71. The predicted octanol–water partition coefficient (Wildman–Crippen LogP) is 4.28. The van der Waals surface area contributed by atoms with E-state index in [1.807, 2.05) is 6.07 Å². The second-order valence-corrected chi connectivity index (χ2v) is 8.47. The summed E-state index contributed by atoms with van der Waals surface area (Å²) >= 11 is 0. The van der Waals surface area contributed by atoms with Crippen molar-refractivity contribution in [1.29, 1.82) is 0 Å². The Morgan fingerprint density at radius 1 is 0.784 bits per heavy atom. The minimum Gasteiger partial charge on any atom is -0.497 e. The zero-order valence-electron chi connectivity index (χ0n) is 21.7. The van der Waals surface area contributed by atoms with E-state index >= 15 is 0 Å². The number of hydrogen-bond donors (Lipinski definition) is 1. The molecular weight excluding hydrogens is 476 g/mol. The smallest absolute Gasteiger partial charge is 0.254 e. The molecular formula is C28H30N2O7. The molecule has 2 atom stereocenters. The number of carbonyl (C=O) groups is 2. The van der Waals surface area contributed by atoms with E-state index in [-0.39, 0.29) is 11.8 Å². The molecule has 0 radical (unpaired) electrons. The van der Waals surface area contributed by atoms with E-state index < -0.39 is 12.0 Å². The molecule has 0 spiro atoms. The lowest BCUT2D eigenvalue weighted by Crippen LogP contribution is -2.44. The van der Waals surface area contributed by atoms with Crippen molar-refractivity contribution in [3.05, 3.63) is 71.3 Å². The number of rotatable bonds is 8. The van der Waals surface area contributed by atoms with Gasteiger partial charge in [0.15, 0.2) is 23.0 Å². The van der Waals surface area contributed by atoms with Gasteiger partial charge in [0.25, 0.3) is 5.91 Å². The first-order chi connectivity index (χ1) is 17.9. The van der Waals surface area contributed by atoms with Gasteiger partial charge in [0.1, 0.15) is 5.75 Å². The summed E-state index contributed by atoms with van der Waals surface area (Å²) in [4.78, 5) is 29.1. The van der Waals surface area contributed by atoms with E-state index in [2.05, 4.69) is 5.32 Å². The number of hydrogen-bond acceptors (Lipinski definition) is 7. The van der Waals surface area contributed by atoms with Crippen molar-refractivity contribution in [1.82, 2.24) is 4.90 Å². The molecule has 3 aromatic carbocycles. The maximum absolute atomic E-state index is 14.0. The molecule has 4 rings (SSSR count). The Morgan fingerprint density at radius 2 is 1.43 bits per heavy atom. The quantitative estimate of drug-likeness (QED) is 0.487. The third-order valence-electron chi connectivity index (χ3n) is 6.54. The number of amides is 2. The lowest BCUT2D eigenvalue weighted by molar-refractivity contribution is -0.119. The first-order valence-corrected chi connectivity index (χ1v) is 11.6. The molecule has 9 nitrogen and oxygen atoms in total. The highest BCUT2D eigenvalue weighted by Crippen LogP contribution is 2.47. The van der Waals surface area contributed by atoms with Crippen molar-refractivity contribution < 1.29 is 33.3 Å². The van der Waals surface area contributed by atoms with Crippen LogP contribution in [0.4, 0.5) is 5.69 Å². The minimum atomic E-state index is -0.790. The minimum absolute atomic E-state index is 0.249. The zero-order chi connectivity index (χ0) is 26.7. The number of carbonyl (C=O) groups excluding carboxylic acids is 2. The summed E-state index contributed by atoms with van der Waals surface area (Å²) in [5, 5.41) is 2.99. The molecule has 0 saturated heterocycles. The lowest BCUT2D eigenvalue weighted by Gasteiger charge is -2.40. The number of fused-ring (bicyclic) bond motifs is 1. The summed E-state index contributed by atoms with van der Waals surface area (Å²) in [5.41, 5.74) is 2.17.